The van der Waals surface area contributed by atoms with E-state index in [1.807, 2.05) is 30.3 Å². The van der Waals surface area contributed by atoms with Gasteiger partial charge in [-0.05, 0) is 79.9 Å². The highest BCUT2D eigenvalue weighted by molar-refractivity contribution is 6.13. The van der Waals surface area contributed by atoms with Crippen molar-refractivity contribution in [2.45, 2.75) is 19.3 Å². The lowest BCUT2D eigenvalue weighted by Crippen LogP contribution is -2.14. The Morgan fingerprint density at radius 1 is 0.362 bits per heavy atom. The van der Waals surface area contributed by atoms with E-state index in [4.69, 9.17) is 19.4 Å². The van der Waals surface area contributed by atoms with Gasteiger partial charge in [0.15, 0.2) is 17.5 Å². The number of rotatable bonds is 6. The zero-order chi connectivity index (χ0) is 38.8. The van der Waals surface area contributed by atoms with Crippen molar-refractivity contribution in [3.8, 4) is 78.7 Å². The van der Waals surface area contributed by atoms with Crippen LogP contribution < -0.4 is 0 Å². The van der Waals surface area contributed by atoms with Crippen LogP contribution in [0.1, 0.15) is 25.0 Å². The van der Waals surface area contributed by atoms with Gasteiger partial charge < -0.3 is 4.42 Å². The molecule has 10 aromatic rings. The van der Waals surface area contributed by atoms with Crippen LogP contribution >= 0.6 is 0 Å². The second kappa shape index (κ2) is 13.4. The fourth-order valence-electron chi connectivity index (χ4n) is 8.94. The lowest BCUT2D eigenvalue weighted by molar-refractivity contribution is 0.660. The maximum atomic E-state index is 6.59. The van der Waals surface area contributed by atoms with Crippen molar-refractivity contribution in [3.05, 3.63) is 199 Å². The first kappa shape index (κ1) is 33.9. The van der Waals surface area contributed by atoms with Crippen molar-refractivity contribution in [1.29, 1.82) is 0 Å². The molecule has 2 aromatic heterocycles. The average Bonchev–Trinajstić information content (AvgIpc) is 3.78. The average molecular weight is 744 g/mol. The summed E-state index contributed by atoms with van der Waals surface area (Å²) in [4.78, 5) is 15.8. The number of nitrogens with zero attached hydrogens (tertiary/aromatic N) is 3. The molecule has 0 saturated carbocycles. The van der Waals surface area contributed by atoms with Gasteiger partial charge in [0.1, 0.15) is 11.2 Å². The monoisotopic (exact) mass is 743 g/mol. The van der Waals surface area contributed by atoms with Crippen LogP contribution in [0.3, 0.4) is 0 Å². The topological polar surface area (TPSA) is 51.8 Å². The van der Waals surface area contributed by atoms with Gasteiger partial charge in [-0.25, -0.2) is 15.0 Å². The van der Waals surface area contributed by atoms with E-state index >= 15 is 0 Å². The normalized spacial score (nSPS) is 12.8. The van der Waals surface area contributed by atoms with E-state index in [2.05, 4.69) is 172 Å². The summed E-state index contributed by atoms with van der Waals surface area (Å²) in [5.74, 6) is 1.80. The molecule has 1 aliphatic carbocycles. The van der Waals surface area contributed by atoms with Gasteiger partial charge in [-0.15, -0.1) is 0 Å². The van der Waals surface area contributed by atoms with Gasteiger partial charge in [0.25, 0.3) is 0 Å². The number of hydrogen-bond donors (Lipinski definition) is 0. The van der Waals surface area contributed by atoms with Gasteiger partial charge >= 0.3 is 0 Å². The molecule has 0 bridgehead atoms. The minimum Gasteiger partial charge on any atom is -0.456 e. The van der Waals surface area contributed by atoms with Crippen LogP contribution in [0, 0.1) is 0 Å². The van der Waals surface area contributed by atoms with E-state index in [0.717, 1.165) is 66.4 Å². The van der Waals surface area contributed by atoms with Gasteiger partial charge in [-0.1, -0.05) is 178 Å². The maximum Gasteiger partial charge on any atom is 0.164 e. The van der Waals surface area contributed by atoms with Crippen molar-refractivity contribution < 1.29 is 4.42 Å². The molecule has 0 radical (unpaired) electrons. The number of benzene rings is 8. The molecule has 4 heteroatoms. The van der Waals surface area contributed by atoms with Crippen LogP contribution in [0.15, 0.2) is 192 Å². The van der Waals surface area contributed by atoms with Gasteiger partial charge in [-0.3, -0.25) is 0 Å². The largest absolute Gasteiger partial charge is 0.456 e. The summed E-state index contributed by atoms with van der Waals surface area (Å²) in [7, 11) is 0. The molecule has 0 aliphatic heterocycles. The molecule has 58 heavy (non-hydrogen) atoms. The molecular formula is C54H37N3O. The number of furan rings is 1. The molecule has 0 atom stereocenters. The van der Waals surface area contributed by atoms with E-state index < -0.39 is 0 Å². The van der Waals surface area contributed by atoms with Gasteiger partial charge in [0.2, 0.25) is 0 Å². The standard InChI is InChI=1S/C54H37N3O/c1-54(2)45-27-12-11-24-42(45)49-40(25-14-28-46(49)54)37-30-31-47-44(33-37)50-43(26-15-29-48(50)58-47)53-56-51(38-21-13-20-36(32-38)34-16-5-3-6-17-34)55-52(57-53)41-23-10-9-22-39(41)35-18-7-4-8-19-35/h3-33H,1-2H3. The molecule has 1 aliphatic rings. The smallest absolute Gasteiger partial charge is 0.164 e. The van der Waals surface area contributed by atoms with Crippen molar-refractivity contribution in [2.75, 3.05) is 0 Å². The molecule has 8 aromatic carbocycles. The highest BCUT2D eigenvalue weighted by atomic mass is 16.3. The van der Waals surface area contributed by atoms with E-state index in [0.29, 0.717) is 17.5 Å². The Labute approximate surface area is 337 Å². The van der Waals surface area contributed by atoms with Crippen LogP contribution in [0.25, 0.3) is 101 Å². The minimum absolute atomic E-state index is 0.0879. The van der Waals surface area contributed by atoms with Crippen LogP contribution in [0.5, 0.6) is 0 Å². The van der Waals surface area contributed by atoms with Gasteiger partial charge in [0, 0.05) is 32.9 Å². The highest BCUT2D eigenvalue weighted by Crippen LogP contribution is 2.52. The molecule has 274 valence electrons. The number of aromatic nitrogens is 3. The van der Waals surface area contributed by atoms with Crippen molar-refractivity contribution in [1.82, 2.24) is 15.0 Å². The zero-order valence-electron chi connectivity index (χ0n) is 32.1. The van der Waals surface area contributed by atoms with Gasteiger partial charge in [-0.2, -0.15) is 0 Å². The van der Waals surface area contributed by atoms with Crippen molar-refractivity contribution in [3.63, 3.8) is 0 Å². The van der Waals surface area contributed by atoms with E-state index in [1.54, 1.807) is 0 Å². The highest BCUT2D eigenvalue weighted by Gasteiger charge is 2.36. The van der Waals surface area contributed by atoms with Crippen LogP contribution in [0.4, 0.5) is 0 Å². The van der Waals surface area contributed by atoms with E-state index in [-0.39, 0.29) is 5.41 Å². The third kappa shape index (κ3) is 5.48. The third-order valence-corrected chi connectivity index (χ3v) is 11.8. The second-order valence-corrected chi connectivity index (χ2v) is 15.6. The Balaban J connectivity index is 1.13. The summed E-state index contributed by atoms with van der Waals surface area (Å²) >= 11 is 0. The summed E-state index contributed by atoms with van der Waals surface area (Å²) in [5, 5.41) is 2.00. The molecule has 4 nitrogen and oxygen atoms in total. The maximum absolute atomic E-state index is 6.59. The quantitative estimate of drug-likeness (QED) is 0.170. The first-order valence-electron chi connectivity index (χ1n) is 19.8. The molecular weight excluding hydrogens is 707 g/mol. The molecule has 0 unspecified atom stereocenters. The van der Waals surface area contributed by atoms with Crippen molar-refractivity contribution >= 4 is 21.9 Å². The molecule has 0 spiro atoms. The number of fused-ring (bicyclic) bond motifs is 6. The number of hydrogen-bond acceptors (Lipinski definition) is 4. The third-order valence-electron chi connectivity index (χ3n) is 11.8. The lowest BCUT2D eigenvalue weighted by Gasteiger charge is -2.21. The van der Waals surface area contributed by atoms with Crippen LogP contribution in [-0.2, 0) is 5.41 Å². The summed E-state index contributed by atoms with van der Waals surface area (Å²) in [5.41, 5.74) is 16.3. The fourth-order valence-corrected chi connectivity index (χ4v) is 8.94. The molecule has 2 heterocycles. The predicted octanol–water partition coefficient (Wildman–Crippen LogP) is 14.1. The Morgan fingerprint density at radius 2 is 0.931 bits per heavy atom. The predicted molar refractivity (Wildman–Crippen MR) is 237 cm³/mol. The fraction of sp³-hybridized carbons (Fsp3) is 0.0556. The van der Waals surface area contributed by atoms with Crippen LogP contribution in [0.2, 0.25) is 0 Å². The Kier molecular flexibility index (Phi) is 7.80. The zero-order valence-corrected chi connectivity index (χ0v) is 32.1. The molecule has 0 fully saturated rings. The second-order valence-electron chi connectivity index (χ2n) is 15.6. The Hall–Kier alpha value is -7.43. The Morgan fingerprint density at radius 3 is 1.74 bits per heavy atom. The van der Waals surface area contributed by atoms with Gasteiger partial charge in [0.05, 0.1) is 0 Å². The summed E-state index contributed by atoms with van der Waals surface area (Å²) < 4.78 is 6.59. The van der Waals surface area contributed by atoms with E-state index in [9.17, 15) is 0 Å². The lowest BCUT2D eigenvalue weighted by atomic mass is 9.82. The van der Waals surface area contributed by atoms with E-state index in [1.165, 1.54) is 27.8 Å². The first-order chi connectivity index (χ1) is 28.5. The summed E-state index contributed by atoms with van der Waals surface area (Å²) in [6, 6.07) is 65.9. The minimum atomic E-state index is -0.0879. The molecule has 11 rings (SSSR count). The molecule has 0 N–H and O–H groups in total. The summed E-state index contributed by atoms with van der Waals surface area (Å²) in [6.07, 6.45) is 0. The Bertz CT molecular complexity index is 3200. The van der Waals surface area contributed by atoms with Crippen LogP contribution in [-0.4, -0.2) is 15.0 Å². The SMILES string of the molecule is CC1(C)c2ccccc2-c2c(-c3ccc4oc5cccc(-c6nc(-c7cccc(-c8ccccc8)c7)nc(-c7ccccc7-c7ccccc7)n6)c5c4c3)cccc21. The summed E-state index contributed by atoms with van der Waals surface area (Å²) in [6.45, 7) is 4.65. The first-order valence-corrected chi connectivity index (χ1v) is 19.8. The molecule has 0 saturated heterocycles. The van der Waals surface area contributed by atoms with Crippen molar-refractivity contribution in [2.24, 2.45) is 0 Å². The molecule has 0 amide bonds.